The average molecular weight is 484 g/mol. The molecule has 1 saturated heterocycles. The molecular weight excluding hydrogens is 469 g/mol. The number of rotatable bonds is 8. The standard InChI is InChI=1S/C9H15N2O15P3/c12-5-1-2-11(9(15)10-5)8-7(14)6(13)4(24-8)3-23-28(19,20)26-29(21,22)25-27(16,17)18/h1-2,4,6-8,13-14H,3H2,(H,19,20)(H,21,22)(H,10,12,15)(H2,16,17,18)/t4-,6+,7+,8+/m0/s1. The van der Waals surface area contributed by atoms with Crippen LogP contribution in [0.15, 0.2) is 21.9 Å². The van der Waals surface area contributed by atoms with Gasteiger partial charge < -0.3 is 34.5 Å². The van der Waals surface area contributed by atoms with Gasteiger partial charge in [-0.1, -0.05) is 0 Å². The van der Waals surface area contributed by atoms with E-state index in [0.29, 0.717) is 4.57 Å². The molecule has 0 aromatic carbocycles. The summed E-state index contributed by atoms with van der Waals surface area (Å²) in [5.74, 6) is 0. The minimum absolute atomic E-state index is 0.708. The van der Waals surface area contributed by atoms with E-state index in [0.717, 1.165) is 12.3 Å². The number of aromatic nitrogens is 2. The normalized spacial score (nSPS) is 29.3. The lowest BCUT2D eigenvalue weighted by Crippen LogP contribution is -2.37. The van der Waals surface area contributed by atoms with Crippen LogP contribution in [0, 0.1) is 0 Å². The van der Waals surface area contributed by atoms with Gasteiger partial charge in [0, 0.05) is 12.3 Å². The van der Waals surface area contributed by atoms with Gasteiger partial charge in [-0.15, -0.1) is 0 Å². The molecule has 1 aliphatic heterocycles. The number of aromatic amines is 1. The third kappa shape index (κ3) is 6.73. The summed E-state index contributed by atoms with van der Waals surface area (Å²) in [6, 6.07) is 0.920. The molecule has 0 spiro atoms. The monoisotopic (exact) mass is 484 g/mol. The van der Waals surface area contributed by atoms with Crippen molar-refractivity contribution in [3.8, 4) is 0 Å². The van der Waals surface area contributed by atoms with Gasteiger partial charge in [0.05, 0.1) is 6.61 Å². The Labute approximate surface area is 159 Å². The Morgan fingerprint density at radius 2 is 1.66 bits per heavy atom. The second kappa shape index (κ2) is 8.61. The van der Waals surface area contributed by atoms with Gasteiger partial charge in [-0.2, -0.15) is 8.62 Å². The first-order valence-corrected chi connectivity index (χ1v) is 11.7. The third-order valence-electron chi connectivity index (χ3n) is 3.28. The van der Waals surface area contributed by atoms with Crippen LogP contribution in [0.3, 0.4) is 0 Å². The number of aliphatic hydroxyl groups is 2. The van der Waals surface area contributed by atoms with Crippen LogP contribution in [0.5, 0.6) is 0 Å². The van der Waals surface area contributed by atoms with E-state index in [1.165, 1.54) is 0 Å². The summed E-state index contributed by atoms with van der Waals surface area (Å²) < 4.78 is 50.6. The van der Waals surface area contributed by atoms with Gasteiger partial charge in [0.1, 0.15) is 18.3 Å². The molecule has 7 N–H and O–H groups in total. The minimum atomic E-state index is -5.73. The van der Waals surface area contributed by atoms with Crippen molar-refractivity contribution in [1.29, 1.82) is 0 Å². The highest BCUT2D eigenvalue weighted by Gasteiger charge is 2.46. The molecule has 1 fully saturated rings. The number of ether oxygens (including phenoxy) is 1. The Hall–Kier alpha value is -1.03. The van der Waals surface area contributed by atoms with Crippen molar-refractivity contribution in [3.05, 3.63) is 33.1 Å². The van der Waals surface area contributed by atoms with Crippen molar-refractivity contribution in [2.24, 2.45) is 0 Å². The first-order valence-electron chi connectivity index (χ1n) is 7.22. The first kappa shape index (κ1) is 24.2. The molecule has 2 heterocycles. The fourth-order valence-corrected chi connectivity index (χ4v) is 5.23. The van der Waals surface area contributed by atoms with E-state index in [1.54, 1.807) is 0 Å². The zero-order valence-electron chi connectivity index (χ0n) is 13.8. The molecule has 0 aliphatic carbocycles. The van der Waals surface area contributed by atoms with Gasteiger partial charge in [-0.05, 0) is 0 Å². The molecule has 29 heavy (non-hydrogen) atoms. The fourth-order valence-electron chi connectivity index (χ4n) is 2.20. The average Bonchev–Trinajstić information content (AvgIpc) is 2.78. The summed E-state index contributed by atoms with van der Waals surface area (Å²) in [6.07, 6.45) is -5.70. The van der Waals surface area contributed by atoms with Gasteiger partial charge in [0.2, 0.25) is 0 Å². The van der Waals surface area contributed by atoms with Crippen molar-refractivity contribution in [3.63, 3.8) is 0 Å². The maximum Gasteiger partial charge on any atom is 0.490 e. The highest BCUT2D eigenvalue weighted by atomic mass is 31.3. The van der Waals surface area contributed by atoms with E-state index in [2.05, 4.69) is 13.1 Å². The SMILES string of the molecule is O=c1ccn([C@@H]2O[C@@H](COP(=O)(O)OP(=O)(O)OP(=O)(O)O)[C@@H](O)[C@H]2O)c(=O)[nH]1. The Bertz CT molecular complexity index is 997. The van der Waals surface area contributed by atoms with Crippen LogP contribution in [0.2, 0.25) is 0 Å². The largest absolute Gasteiger partial charge is 0.490 e. The maximum absolute atomic E-state index is 11.7. The summed E-state index contributed by atoms with van der Waals surface area (Å²) in [6.45, 7) is -1.05. The number of aliphatic hydroxyl groups excluding tert-OH is 2. The molecule has 6 atom stereocenters. The summed E-state index contributed by atoms with van der Waals surface area (Å²) in [5, 5.41) is 19.9. The summed E-state index contributed by atoms with van der Waals surface area (Å²) in [7, 11) is -16.8. The number of nitrogens with zero attached hydrogens (tertiary/aromatic N) is 1. The second-order valence-electron chi connectivity index (χ2n) is 5.45. The van der Waals surface area contributed by atoms with Gasteiger partial charge in [-0.25, -0.2) is 18.5 Å². The topological polar surface area (TPSA) is 264 Å². The Kier molecular flexibility index (Phi) is 7.20. The number of hydrogen-bond donors (Lipinski definition) is 7. The van der Waals surface area contributed by atoms with E-state index in [4.69, 9.17) is 19.4 Å². The van der Waals surface area contributed by atoms with Crippen molar-refractivity contribution >= 4 is 23.5 Å². The molecule has 2 rings (SSSR count). The van der Waals surface area contributed by atoms with Crippen LogP contribution in [0.4, 0.5) is 0 Å². The van der Waals surface area contributed by atoms with E-state index in [1.807, 2.05) is 4.98 Å². The predicted octanol–water partition coefficient (Wildman–Crippen LogP) is -2.50. The number of phosphoric ester groups is 1. The molecule has 20 heteroatoms. The maximum atomic E-state index is 11.7. The van der Waals surface area contributed by atoms with Gasteiger partial charge in [0.25, 0.3) is 5.56 Å². The third-order valence-corrected chi connectivity index (χ3v) is 7.08. The van der Waals surface area contributed by atoms with Crippen LogP contribution in [-0.2, 0) is 31.6 Å². The van der Waals surface area contributed by atoms with Crippen LogP contribution in [-0.4, -0.2) is 64.3 Å². The molecule has 0 saturated carbocycles. The highest BCUT2D eigenvalue weighted by Crippen LogP contribution is 2.66. The Balaban J connectivity index is 2.06. The molecule has 1 aromatic rings. The number of hydrogen-bond acceptors (Lipinski definition) is 11. The predicted molar refractivity (Wildman–Crippen MR) is 87.1 cm³/mol. The van der Waals surface area contributed by atoms with Crippen LogP contribution in [0.25, 0.3) is 0 Å². The van der Waals surface area contributed by atoms with Crippen LogP contribution >= 0.6 is 23.5 Å². The molecule has 17 nitrogen and oxygen atoms in total. The molecular formula is C9H15N2O15P3. The molecule has 0 bridgehead atoms. The lowest BCUT2D eigenvalue weighted by molar-refractivity contribution is -0.0542. The van der Waals surface area contributed by atoms with Crippen molar-refractivity contribution in [1.82, 2.24) is 9.55 Å². The Morgan fingerprint density at radius 1 is 1.03 bits per heavy atom. The van der Waals surface area contributed by atoms with E-state index < -0.39 is 65.9 Å². The van der Waals surface area contributed by atoms with Gasteiger partial charge >= 0.3 is 29.2 Å². The summed E-state index contributed by atoms with van der Waals surface area (Å²) in [4.78, 5) is 59.9. The van der Waals surface area contributed by atoms with Gasteiger partial charge in [-0.3, -0.25) is 18.9 Å². The van der Waals surface area contributed by atoms with Gasteiger partial charge in [0.15, 0.2) is 6.23 Å². The highest BCUT2D eigenvalue weighted by molar-refractivity contribution is 7.66. The van der Waals surface area contributed by atoms with Crippen molar-refractivity contribution < 1.29 is 61.4 Å². The number of H-pyrrole nitrogens is 1. The fraction of sp³-hybridized carbons (Fsp3) is 0.556. The zero-order chi connectivity index (χ0) is 22.2. The van der Waals surface area contributed by atoms with E-state index in [9.17, 15) is 38.4 Å². The molecule has 166 valence electrons. The molecule has 0 amide bonds. The minimum Gasteiger partial charge on any atom is -0.387 e. The quantitative estimate of drug-likeness (QED) is 0.188. The molecule has 0 radical (unpaired) electrons. The van der Waals surface area contributed by atoms with Crippen molar-refractivity contribution in [2.75, 3.05) is 6.61 Å². The number of nitrogens with one attached hydrogen (secondary N) is 1. The first-order chi connectivity index (χ1) is 13.1. The molecule has 1 aliphatic rings. The molecule has 2 unspecified atom stereocenters. The number of phosphoric acid groups is 3. The smallest absolute Gasteiger partial charge is 0.387 e. The van der Waals surface area contributed by atoms with Crippen LogP contribution < -0.4 is 11.2 Å². The van der Waals surface area contributed by atoms with E-state index >= 15 is 0 Å². The lowest BCUT2D eigenvalue weighted by Gasteiger charge is -2.19. The zero-order valence-corrected chi connectivity index (χ0v) is 16.5. The van der Waals surface area contributed by atoms with E-state index in [-0.39, 0.29) is 0 Å². The Morgan fingerprint density at radius 3 is 2.21 bits per heavy atom. The van der Waals surface area contributed by atoms with Crippen LogP contribution in [0.1, 0.15) is 6.23 Å². The summed E-state index contributed by atoms with van der Waals surface area (Å²) in [5.41, 5.74) is -1.74. The van der Waals surface area contributed by atoms with Crippen molar-refractivity contribution in [2.45, 2.75) is 24.5 Å². The lowest BCUT2D eigenvalue weighted by atomic mass is 10.1. The second-order valence-corrected chi connectivity index (χ2v) is 9.87. The summed E-state index contributed by atoms with van der Waals surface area (Å²) >= 11 is 0. The molecule has 1 aromatic heterocycles.